The summed E-state index contributed by atoms with van der Waals surface area (Å²) >= 11 is 0. The van der Waals surface area contributed by atoms with Crippen LogP contribution >= 0.6 is 0 Å². The van der Waals surface area contributed by atoms with E-state index in [0.29, 0.717) is 23.9 Å². The van der Waals surface area contributed by atoms with Crippen LogP contribution in [0.3, 0.4) is 0 Å². The molecule has 1 aromatic carbocycles. The lowest BCUT2D eigenvalue weighted by molar-refractivity contribution is -0.117. The topological polar surface area (TPSA) is 56.1 Å². The molecule has 1 N–H and O–H groups in total. The van der Waals surface area contributed by atoms with Crippen molar-refractivity contribution in [1.82, 2.24) is 4.90 Å². The summed E-state index contributed by atoms with van der Waals surface area (Å²) in [7, 11) is 0. The van der Waals surface area contributed by atoms with Crippen LogP contribution in [0.4, 0.5) is 5.69 Å². The van der Waals surface area contributed by atoms with Crippen molar-refractivity contribution in [3.63, 3.8) is 0 Å². The number of rotatable bonds is 3. The minimum Gasteiger partial charge on any atom is -0.325 e. The molecule has 1 amide bonds. The molecule has 1 aliphatic heterocycles. The Hall–Kier alpha value is -1.86. The molecule has 0 spiro atoms. The van der Waals surface area contributed by atoms with E-state index in [9.17, 15) is 4.79 Å². The Balaban J connectivity index is 1.87. The molecule has 0 aromatic heterocycles. The Kier molecular flexibility index (Phi) is 4.75. The van der Waals surface area contributed by atoms with Crippen LogP contribution in [-0.2, 0) is 4.79 Å². The second-order valence-corrected chi connectivity index (χ2v) is 5.88. The first kappa shape index (κ1) is 14.5. The Bertz CT molecular complexity index is 493. The molecule has 4 heteroatoms. The molecule has 1 heterocycles. The van der Waals surface area contributed by atoms with Gasteiger partial charge in [0.25, 0.3) is 0 Å². The Morgan fingerprint density at radius 2 is 1.90 bits per heavy atom. The maximum Gasteiger partial charge on any atom is 0.238 e. The van der Waals surface area contributed by atoms with Crippen LogP contribution in [0.15, 0.2) is 24.3 Å². The van der Waals surface area contributed by atoms with Crippen molar-refractivity contribution in [2.75, 3.05) is 25.0 Å². The van der Waals surface area contributed by atoms with E-state index < -0.39 is 0 Å². The summed E-state index contributed by atoms with van der Waals surface area (Å²) in [4.78, 5) is 14.3. The van der Waals surface area contributed by atoms with Gasteiger partial charge in [0.05, 0.1) is 18.2 Å². The van der Waals surface area contributed by atoms with Crippen LogP contribution in [0.2, 0.25) is 0 Å². The summed E-state index contributed by atoms with van der Waals surface area (Å²) < 4.78 is 0. The van der Waals surface area contributed by atoms with Gasteiger partial charge in [-0.3, -0.25) is 9.69 Å². The van der Waals surface area contributed by atoms with Crippen LogP contribution in [0.25, 0.3) is 0 Å². The zero-order valence-corrected chi connectivity index (χ0v) is 12.1. The van der Waals surface area contributed by atoms with Gasteiger partial charge in [-0.05, 0) is 42.5 Å². The molecule has 0 aliphatic carbocycles. The van der Waals surface area contributed by atoms with Gasteiger partial charge in [0, 0.05) is 18.8 Å². The lowest BCUT2D eigenvalue weighted by atomic mass is 9.92. The van der Waals surface area contributed by atoms with E-state index >= 15 is 0 Å². The molecular weight excluding hydrogens is 250 g/mol. The minimum absolute atomic E-state index is 0.0102. The van der Waals surface area contributed by atoms with E-state index in [4.69, 9.17) is 5.26 Å². The predicted octanol–water partition coefficient (Wildman–Crippen LogP) is 2.47. The van der Waals surface area contributed by atoms with Crippen LogP contribution in [-0.4, -0.2) is 30.4 Å². The van der Waals surface area contributed by atoms with E-state index in [2.05, 4.69) is 30.1 Å². The molecule has 106 valence electrons. The average Bonchev–Trinajstić information content (AvgIpc) is 2.38. The highest BCUT2D eigenvalue weighted by molar-refractivity contribution is 5.92. The molecular formula is C16H21N3O. The van der Waals surface area contributed by atoms with Gasteiger partial charge >= 0.3 is 0 Å². The van der Waals surface area contributed by atoms with Crippen molar-refractivity contribution in [2.24, 2.45) is 11.8 Å². The zero-order valence-electron chi connectivity index (χ0n) is 12.1. The van der Waals surface area contributed by atoms with Gasteiger partial charge < -0.3 is 5.32 Å². The van der Waals surface area contributed by atoms with Gasteiger partial charge in [-0.25, -0.2) is 0 Å². The summed E-state index contributed by atoms with van der Waals surface area (Å²) in [5.74, 6) is 1.32. The molecule has 2 rings (SSSR count). The molecule has 0 radical (unpaired) electrons. The van der Waals surface area contributed by atoms with Crippen LogP contribution < -0.4 is 5.32 Å². The first-order chi connectivity index (χ1) is 9.56. The maximum absolute atomic E-state index is 12.0. The summed E-state index contributed by atoms with van der Waals surface area (Å²) in [6.45, 7) is 6.90. The highest BCUT2D eigenvalue weighted by Crippen LogP contribution is 2.20. The van der Waals surface area contributed by atoms with E-state index in [1.165, 1.54) is 6.42 Å². The second-order valence-electron chi connectivity index (χ2n) is 5.88. The van der Waals surface area contributed by atoms with Crippen molar-refractivity contribution in [1.29, 1.82) is 5.26 Å². The molecule has 4 nitrogen and oxygen atoms in total. The summed E-state index contributed by atoms with van der Waals surface area (Å²) in [6, 6.07) is 9.00. The van der Waals surface area contributed by atoms with Gasteiger partial charge in [-0.1, -0.05) is 13.8 Å². The van der Waals surface area contributed by atoms with E-state index in [1.54, 1.807) is 24.3 Å². The highest BCUT2D eigenvalue weighted by atomic mass is 16.2. The molecule has 2 atom stereocenters. The Labute approximate surface area is 120 Å². The molecule has 0 saturated carbocycles. The van der Waals surface area contributed by atoms with E-state index in [-0.39, 0.29) is 5.91 Å². The predicted molar refractivity (Wildman–Crippen MR) is 79.2 cm³/mol. The number of nitrogens with one attached hydrogen (secondary N) is 1. The number of anilines is 1. The lowest BCUT2D eigenvalue weighted by Gasteiger charge is -2.34. The van der Waals surface area contributed by atoms with Gasteiger partial charge in [0.2, 0.25) is 5.91 Å². The standard InChI is InChI=1S/C16H21N3O/c1-12-7-13(2)10-19(9-12)11-16(20)18-15-5-3-14(8-17)4-6-15/h3-6,12-13H,7,9-11H2,1-2H3,(H,18,20). The van der Waals surface area contributed by atoms with Crippen molar-refractivity contribution in [3.8, 4) is 6.07 Å². The van der Waals surface area contributed by atoms with Crippen molar-refractivity contribution in [2.45, 2.75) is 20.3 Å². The summed E-state index contributed by atoms with van der Waals surface area (Å²) in [5, 5.41) is 11.6. The van der Waals surface area contributed by atoms with Crippen LogP contribution in [0.1, 0.15) is 25.8 Å². The van der Waals surface area contributed by atoms with Crippen LogP contribution in [0, 0.1) is 23.2 Å². The number of piperidine rings is 1. The van der Waals surface area contributed by atoms with Gasteiger partial charge in [-0.15, -0.1) is 0 Å². The van der Waals surface area contributed by atoms with Crippen molar-refractivity contribution in [3.05, 3.63) is 29.8 Å². The van der Waals surface area contributed by atoms with E-state index in [1.807, 2.05) is 0 Å². The fourth-order valence-corrected chi connectivity index (χ4v) is 2.95. The number of hydrogen-bond donors (Lipinski definition) is 1. The first-order valence-corrected chi connectivity index (χ1v) is 7.09. The molecule has 1 aromatic rings. The quantitative estimate of drug-likeness (QED) is 0.918. The molecule has 1 saturated heterocycles. The normalized spacial score (nSPS) is 23.1. The molecule has 1 fully saturated rings. The van der Waals surface area contributed by atoms with Gasteiger partial charge in [-0.2, -0.15) is 5.26 Å². The smallest absolute Gasteiger partial charge is 0.238 e. The number of nitriles is 1. The third kappa shape index (κ3) is 4.07. The summed E-state index contributed by atoms with van der Waals surface area (Å²) in [6.07, 6.45) is 1.24. The number of benzene rings is 1. The molecule has 2 unspecified atom stereocenters. The van der Waals surface area contributed by atoms with E-state index in [0.717, 1.165) is 18.8 Å². The second kappa shape index (κ2) is 6.53. The zero-order chi connectivity index (χ0) is 14.5. The van der Waals surface area contributed by atoms with Crippen molar-refractivity contribution >= 4 is 11.6 Å². The number of carbonyl (C=O) groups is 1. The fraction of sp³-hybridized carbons (Fsp3) is 0.500. The third-order valence-corrected chi connectivity index (χ3v) is 3.61. The SMILES string of the molecule is CC1CC(C)CN(CC(=O)Nc2ccc(C#N)cc2)C1. The lowest BCUT2D eigenvalue weighted by Crippen LogP contribution is -2.42. The number of likely N-dealkylation sites (tertiary alicyclic amines) is 1. The molecule has 20 heavy (non-hydrogen) atoms. The Morgan fingerprint density at radius 1 is 1.30 bits per heavy atom. The molecule has 0 bridgehead atoms. The fourth-order valence-electron chi connectivity index (χ4n) is 2.95. The largest absolute Gasteiger partial charge is 0.325 e. The van der Waals surface area contributed by atoms with Crippen LogP contribution in [0.5, 0.6) is 0 Å². The Morgan fingerprint density at radius 3 is 2.45 bits per heavy atom. The van der Waals surface area contributed by atoms with Gasteiger partial charge in [0.15, 0.2) is 0 Å². The number of nitrogens with zero attached hydrogens (tertiary/aromatic N) is 2. The number of hydrogen-bond acceptors (Lipinski definition) is 3. The highest BCUT2D eigenvalue weighted by Gasteiger charge is 2.23. The molecule has 1 aliphatic rings. The average molecular weight is 271 g/mol. The number of carbonyl (C=O) groups excluding carboxylic acids is 1. The minimum atomic E-state index is 0.0102. The maximum atomic E-state index is 12.0. The van der Waals surface area contributed by atoms with Gasteiger partial charge in [0.1, 0.15) is 0 Å². The third-order valence-electron chi connectivity index (χ3n) is 3.61. The van der Waals surface area contributed by atoms with Crippen molar-refractivity contribution < 1.29 is 4.79 Å². The monoisotopic (exact) mass is 271 g/mol. The summed E-state index contributed by atoms with van der Waals surface area (Å²) in [5.41, 5.74) is 1.34. The first-order valence-electron chi connectivity index (χ1n) is 7.09. The number of amides is 1.